The van der Waals surface area contributed by atoms with Gasteiger partial charge in [0, 0.05) is 74.9 Å². The summed E-state index contributed by atoms with van der Waals surface area (Å²) in [7, 11) is 3.60. The van der Waals surface area contributed by atoms with Crippen LogP contribution in [0.15, 0.2) is 26.2 Å². The van der Waals surface area contributed by atoms with Gasteiger partial charge in [-0.05, 0) is 18.0 Å². The van der Waals surface area contributed by atoms with Crippen LogP contribution in [0.4, 0.5) is 0 Å². The van der Waals surface area contributed by atoms with Gasteiger partial charge in [0.2, 0.25) is 0 Å². The van der Waals surface area contributed by atoms with Gasteiger partial charge in [0.05, 0.1) is 6.54 Å². The van der Waals surface area contributed by atoms with E-state index in [1.54, 1.807) is 7.11 Å². The molecule has 1 aromatic heterocycles. The largest absolute Gasteiger partial charge is 0.500 e. The van der Waals surface area contributed by atoms with Crippen molar-refractivity contribution in [1.29, 1.82) is 0 Å². The van der Waals surface area contributed by atoms with Gasteiger partial charge in [-0.15, -0.1) is 6.58 Å². The summed E-state index contributed by atoms with van der Waals surface area (Å²) in [6, 6.07) is 0.767. The third-order valence-electron chi connectivity index (χ3n) is 5.71. The minimum absolute atomic E-state index is 0.0161. The molecule has 0 unspecified atom stereocenters. The summed E-state index contributed by atoms with van der Waals surface area (Å²) in [5, 5.41) is 0.651. The van der Waals surface area contributed by atoms with Crippen molar-refractivity contribution < 1.29 is 31.0 Å². The van der Waals surface area contributed by atoms with Gasteiger partial charge < -0.3 is 31.0 Å². The Hall–Kier alpha value is -1.48. The van der Waals surface area contributed by atoms with E-state index in [1.165, 1.54) is 42.7 Å². The van der Waals surface area contributed by atoms with Crippen LogP contribution in [0.2, 0.25) is 12.1 Å². The highest BCUT2D eigenvalue weighted by molar-refractivity contribution is 6.60. The summed E-state index contributed by atoms with van der Waals surface area (Å²) in [5.41, 5.74) is -2.09. The van der Waals surface area contributed by atoms with Gasteiger partial charge in [-0.1, -0.05) is 0 Å². The van der Waals surface area contributed by atoms with Crippen LogP contribution in [-0.4, -0.2) is 90.8 Å². The molecule has 0 atom stereocenters. The first-order valence-electron chi connectivity index (χ1n) is 11.0. The van der Waals surface area contributed by atoms with Crippen LogP contribution < -0.4 is 17.1 Å². The molecule has 0 bridgehead atoms. The third kappa shape index (κ3) is 8.00. The molecule has 0 aromatic carbocycles. The summed E-state index contributed by atoms with van der Waals surface area (Å²) >= 11 is 0. The van der Waals surface area contributed by atoms with Crippen LogP contribution in [-0.2, 0) is 50.6 Å². The number of nitrogens with zero attached hydrogens (tertiary/aromatic N) is 3. The Morgan fingerprint density at radius 3 is 1.34 bits per heavy atom. The van der Waals surface area contributed by atoms with Gasteiger partial charge >= 0.3 is 34.7 Å². The predicted molar refractivity (Wildman–Crippen MR) is 136 cm³/mol. The second-order valence-electron chi connectivity index (χ2n) is 7.72. The van der Waals surface area contributed by atoms with E-state index in [-0.39, 0.29) is 19.6 Å². The van der Waals surface area contributed by atoms with Crippen molar-refractivity contribution in [3.63, 3.8) is 0 Å². The van der Waals surface area contributed by atoms with Crippen molar-refractivity contribution in [3.8, 4) is 0 Å². The summed E-state index contributed by atoms with van der Waals surface area (Å²) < 4.78 is 40.8. The topological polar surface area (TPSA) is 131 Å². The first-order chi connectivity index (χ1) is 16.6. The predicted octanol–water partition coefficient (Wildman–Crippen LogP) is -1.05. The van der Waals surface area contributed by atoms with Gasteiger partial charge in [0.25, 0.3) is 0 Å². The van der Waals surface area contributed by atoms with Crippen LogP contribution in [0.1, 0.15) is 12.8 Å². The van der Waals surface area contributed by atoms with Crippen LogP contribution in [0, 0.1) is 0 Å². The van der Waals surface area contributed by atoms with Gasteiger partial charge in [0.15, 0.2) is 9.76 Å². The van der Waals surface area contributed by atoms with Gasteiger partial charge in [-0.25, -0.2) is 28.1 Å². The second-order valence-corrected chi connectivity index (χ2v) is 15.8. The molecule has 0 spiro atoms. The molecule has 0 N–H and O–H groups in total. The Morgan fingerprint density at radius 1 is 0.686 bits per heavy atom. The normalized spacial score (nSPS) is 12.7. The molecule has 1 aromatic rings. The zero-order valence-corrected chi connectivity index (χ0v) is 25.2. The fourth-order valence-corrected chi connectivity index (χ4v) is 7.82. The lowest BCUT2D eigenvalue weighted by molar-refractivity contribution is 0.122. The molecule has 35 heavy (non-hydrogen) atoms. The minimum Gasteiger partial charge on any atom is -0.422 e. The maximum Gasteiger partial charge on any atom is 0.500 e. The van der Waals surface area contributed by atoms with Crippen LogP contribution >= 0.6 is 0 Å². The van der Waals surface area contributed by atoms with Crippen LogP contribution in [0.25, 0.3) is 0 Å². The fourth-order valence-electron chi connectivity index (χ4n) is 3.69. The van der Waals surface area contributed by atoms with E-state index in [2.05, 4.69) is 6.58 Å². The van der Waals surface area contributed by atoms with Gasteiger partial charge in [-0.2, -0.15) is 0 Å². The highest BCUT2D eigenvalue weighted by Crippen LogP contribution is 2.16. The molecule has 202 valence electrons. The fraction of sp³-hybridized carbons (Fsp3) is 0.737. The van der Waals surface area contributed by atoms with E-state index in [9.17, 15) is 14.4 Å². The zero-order chi connectivity index (χ0) is 26.6. The lowest BCUT2D eigenvalue weighted by Gasteiger charge is -2.24. The number of allylic oxidation sites excluding steroid dienone is 1. The quantitative estimate of drug-likeness (QED) is 0.208. The van der Waals surface area contributed by atoms with E-state index in [4.69, 9.17) is 31.0 Å². The molecule has 0 aliphatic rings. The number of hydrogen-bond acceptors (Lipinski definition) is 10. The Bertz CT molecular complexity index is 905. The highest BCUT2D eigenvalue weighted by Gasteiger charge is 2.38. The first kappa shape index (κ1) is 31.6. The number of hydrogen-bond donors (Lipinski definition) is 0. The molecule has 13 nitrogen and oxygen atoms in total. The minimum atomic E-state index is -2.89. The van der Waals surface area contributed by atoms with E-state index in [0.29, 0.717) is 30.1 Å². The molecule has 1 rings (SSSR count). The monoisotopic (exact) mass is 553 g/mol. The number of aromatic nitrogens is 3. The zero-order valence-electron chi connectivity index (χ0n) is 21.8. The second kappa shape index (κ2) is 14.9. The standard InChI is InChI=1S/C19H39N3O10Si3/c1-16(33-26-2)15-22-18(24)20(11-9-13-34(27-3,28-4)29-5)17(23)21(19(22)25)12-10-14-35(30-6,31-7)32-8/h1,9-15,33H2,2-8H3. The summed E-state index contributed by atoms with van der Waals surface area (Å²) in [4.78, 5) is 39.5. The van der Waals surface area contributed by atoms with E-state index < -0.39 is 44.4 Å². The summed E-state index contributed by atoms with van der Waals surface area (Å²) in [6.45, 7) is 4.02. The van der Waals surface area contributed by atoms with Crippen LogP contribution in [0.3, 0.4) is 0 Å². The molecule has 0 saturated heterocycles. The Morgan fingerprint density at radius 2 is 1.03 bits per heavy atom. The Kier molecular flexibility index (Phi) is 13.5. The van der Waals surface area contributed by atoms with Crippen molar-refractivity contribution in [1.82, 2.24) is 13.7 Å². The SMILES string of the molecule is C=C(Cn1c(=O)n(CCC[Si](OC)(OC)OC)c(=O)n(CCC[Si](OC)(OC)OC)c1=O)[SiH2]OC. The van der Waals surface area contributed by atoms with Crippen LogP contribution in [0.5, 0.6) is 0 Å². The maximum atomic E-state index is 13.2. The molecule has 0 amide bonds. The molecule has 0 aliphatic carbocycles. The molecular weight excluding hydrogens is 514 g/mol. The van der Waals surface area contributed by atoms with Gasteiger partial charge in [0.1, 0.15) is 0 Å². The highest BCUT2D eigenvalue weighted by atomic mass is 28.4. The van der Waals surface area contributed by atoms with Crippen molar-refractivity contribution in [3.05, 3.63) is 43.2 Å². The number of rotatable bonds is 18. The smallest absolute Gasteiger partial charge is 0.422 e. The third-order valence-corrected chi connectivity index (χ3v) is 12.3. The lowest BCUT2D eigenvalue weighted by atomic mass is 10.4. The van der Waals surface area contributed by atoms with E-state index >= 15 is 0 Å². The average molecular weight is 554 g/mol. The van der Waals surface area contributed by atoms with Crippen molar-refractivity contribution in [2.75, 3.05) is 49.8 Å². The Balaban J connectivity index is 3.35. The molecule has 0 radical (unpaired) electrons. The van der Waals surface area contributed by atoms with Gasteiger partial charge in [-0.3, -0.25) is 0 Å². The Labute approximate surface area is 209 Å². The molecule has 0 fully saturated rings. The summed E-state index contributed by atoms with van der Waals surface area (Å²) in [6.07, 6.45) is 0.742. The molecule has 16 heteroatoms. The molecule has 0 saturated carbocycles. The molecular formula is C19H39N3O10Si3. The molecule has 1 heterocycles. The van der Waals surface area contributed by atoms with E-state index in [0.717, 1.165) is 13.7 Å². The van der Waals surface area contributed by atoms with Crippen molar-refractivity contribution in [2.24, 2.45) is 0 Å². The first-order valence-corrected chi connectivity index (χ1v) is 16.2. The van der Waals surface area contributed by atoms with E-state index in [1.807, 2.05) is 0 Å². The molecule has 0 aliphatic heterocycles. The van der Waals surface area contributed by atoms with Crippen molar-refractivity contribution >= 4 is 27.4 Å². The summed E-state index contributed by atoms with van der Waals surface area (Å²) in [5.74, 6) is 0. The average Bonchev–Trinajstić information content (AvgIpc) is 2.87. The maximum absolute atomic E-state index is 13.2. The lowest BCUT2D eigenvalue weighted by Crippen LogP contribution is -2.55. The van der Waals surface area contributed by atoms with Crippen molar-refractivity contribution in [2.45, 2.75) is 44.6 Å².